The fourth-order valence-electron chi connectivity index (χ4n) is 4.86. The first-order chi connectivity index (χ1) is 17.9. The second-order valence-corrected chi connectivity index (χ2v) is 10.4. The number of amides is 1. The summed E-state index contributed by atoms with van der Waals surface area (Å²) in [7, 11) is 0. The molecule has 2 saturated heterocycles. The van der Waals surface area contributed by atoms with Crippen molar-refractivity contribution in [3.63, 3.8) is 0 Å². The van der Waals surface area contributed by atoms with E-state index in [9.17, 15) is 24.6 Å². The Bertz CT molecular complexity index is 899. The number of hydrogen-bond donors (Lipinski definition) is 4. The van der Waals surface area contributed by atoms with Gasteiger partial charge < -0.3 is 34.8 Å². The number of carboxylic acids is 1. The first-order valence-electron chi connectivity index (χ1n) is 13.2. The lowest BCUT2D eigenvalue weighted by molar-refractivity contribution is -0.155. The fraction of sp³-hybridized carbons (Fsp3) is 0.679. The van der Waals surface area contributed by atoms with Crippen molar-refractivity contribution in [1.29, 1.82) is 0 Å². The van der Waals surface area contributed by atoms with Gasteiger partial charge in [0, 0.05) is 25.5 Å². The molecule has 0 aromatic heterocycles. The third-order valence-electron chi connectivity index (χ3n) is 7.01. The molecular weight excluding hydrogens is 494 g/mol. The van der Waals surface area contributed by atoms with Gasteiger partial charge in [-0.15, -0.1) is 0 Å². The second kappa shape index (κ2) is 15.2. The van der Waals surface area contributed by atoms with Crippen LogP contribution in [-0.2, 0) is 28.6 Å². The van der Waals surface area contributed by atoms with Gasteiger partial charge in [-0.3, -0.25) is 14.4 Å². The van der Waals surface area contributed by atoms with Crippen molar-refractivity contribution in [2.75, 3.05) is 6.61 Å². The van der Waals surface area contributed by atoms with Gasteiger partial charge in [-0.05, 0) is 52.0 Å². The standard InChI is InChI=1S/C28H43NO9/c1-16(7-10-25-28(35)21(15-30)13-22(38-25)14-27(33)34)6-9-24-17(2)12-23(19(4)37-24)29-26(32)11-8-18(3)36-20(5)31/h6-8,10-11,17-19,21-25,28,30,35H,9,12-15H2,1-5H3,(H,29,32)(H,33,34)/b10-7+,11-8-,16-6+/t17-,18-,19+,21-,22-,23+,24-,25+,28-/m0/s1. The molecule has 2 heterocycles. The Morgan fingerprint density at radius 1 is 1.13 bits per heavy atom. The van der Waals surface area contributed by atoms with Crippen LogP contribution in [0.2, 0.25) is 0 Å². The van der Waals surface area contributed by atoms with Gasteiger partial charge in [0.1, 0.15) is 12.2 Å². The summed E-state index contributed by atoms with van der Waals surface area (Å²) < 4.78 is 17.0. The maximum Gasteiger partial charge on any atom is 0.305 e. The largest absolute Gasteiger partial charge is 0.481 e. The van der Waals surface area contributed by atoms with Crippen molar-refractivity contribution in [3.8, 4) is 0 Å². The zero-order valence-corrected chi connectivity index (χ0v) is 22.9. The van der Waals surface area contributed by atoms with Gasteiger partial charge in [-0.1, -0.05) is 30.7 Å². The highest BCUT2D eigenvalue weighted by molar-refractivity contribution is 5.87. The molecule has 2 aliphatic heterocycles. The number of aliphatic carboxylic acids is 1. The first kappa shape index (κ1) is 31.7. The van der Waals surface area contributed by atoms with Gasteiger partial charge in [0.15, 0.2) is 0 Å². The van der Waals surface area contributed by atoms with Crippen molar-refractivity contribution < 1.29 is 43.9 Å². The lowest BCUT2D eigenvalue weighted by Gasteiger charge is -2.39. The number of carbonyl (C=O) groups excluding carboxylic acids is 2. The number of hydrogen-bond acceptors (Lipinski definition) is 8. The summed E-state index contributed by atoms with van der Waals surface area (Å²) >= 11 is 0. The molecule has 0 saturated carbocycles. The highest BCUT2D eigenvalue weighted by Crippen LogP contribution is 2.29. The normalized spacial score (nSPS) is 33.3. The van der Waals surface area contributed by atoms with Crippen LogP contribution in [0.4, 0.5) is 0 Å². The number of aliphatic hydroxyl groups excluding tert-OH is 2. The average Bonchev–Trinajstić information content (AvgIpc) is 2.83. The Morgan fingerprint density at radius 2 is 1.84 bits per heavy atom. The molecular formula is C28H43NO9. The maximum atomic E-state index is 12.3. The minimum atomic E-state index is -0.982. The zero-order valence-electron chi connectivity index (χ0n) is 22.9. The first-order valence-corrected chi connectivity index (χ1v) is 13.2. The molecule has 0 bridgehead atoms. The SMILES string of the molecule is CC(=O)O[C@@H](C)/C=C\C(=O)N[C@@H]1C[C@H](C)[C@H](C/C=C(C)/C=C/[C@H]2O[C@H](CC(=O)O)C[C@@H](CO)[C@@H]2O)O[C@@H]1C. The molecule has 1 amide bonds. The van der Waals surface area contributed by atoms with Gasteiger partial charge in [-0.2, -0.15) is 0 Å². The lowest BCUT2D eigenvalue weighted by Crippen LogP contribution is -2.50. The Labute approximate surface area is 224 Å². The number of aliphatic hydroxyl groups is 2. The third-order valence-corrected chi connectivity index (χ3v) is 7.01. The number of carboxylic acid groups (broad SMARTS) is 1. The number of nitrogens with one attached hydrogen (secondary N) is 1. The molecule has 2 rings (SSSR count). The highest BCUT2D eigenvalue weighted by Gasteiger charge is 2.37. The third kappa shape index (κ3) is 10.3. The predicted octanol–water partition coefficient (Wildman–Crippen LogP) is 2.29. The summed E-state index contributed by atoms with van der Waals surface area (Å²) in [4.78, 5) is 34.4. The zero-order chi connectivity index (χ0) is 28.4. The molecule has 4 N–H and O–H groups in total. The van der Waals surface area contributed by atoms with Crippen molar-refractivity contribution in [2.24, 2.45) is 11.8 Å². The Balaban J connectivity index is 1.89. The van der Waals surface area contributed by atoms with Gasteiger partial charge >= 0.3 is 11.9 Å². The fourth-order valence-corrected chi connectivity index (χ4v) is 4.86. The van der Waals surface area contributed by atoms with Crippen LogP contribution in [0.25, 0.3) is 0 Å². The van der Waals surface area contributed by atoms with E-state index in [4.69, 9.17) is 19.3 Å². The molecule has 0 radical (unpaired) electrons. The van der Waals surface area contributed by atoms with Crippen LogP contribution >= 0.6 is 0 Å². The Kier molecular flexibility index (Phi) is 12.6. The second-order valence-electron chi connectivity index (χ2n) is 10.4. The minimum absolute atomic E-state index is 0.0312. The lowest BCUT2D eigenvalue weighted by atomic mass is 9.87. The van der Waals surface area contributed by atoms with E-state index in [1.165, 1.54) is 19.1 Å². The van der Waals surface area contributed by atoms with Crippen LogP contribution in [0, 0.1) is 11.8 Å². The molecule has 9 atom stereocenters. The Morgan fingerprint density at radius 3 is 2.47 bits per heavy atom. The van der Waals surface area contributed by atoms with E-state index in [0.29, 0.717) is 12.8 Å². The topological polar surface area (TPSA) is 152 Å². The average molecular weight is 538 g/mol. The molecule has 10 heteroatoms. The summed E-state index contributed by atoms with van der Waals surface area (Å²) in [5, 5.41) is 32.1. The molecule has 38 heavy (non-hydrogen) atoms. The highest BCUT2D eigenvalue weighted by atomic mass is 16.5. The number of ether oxygens (including phenoxy) is 3. The van der Waals surface area contributed by atoms with E-state index in [1.807, 2.05) is 26.0 Å². The van der Waals surface area contributed by atoms with Crippen molar-refractivity contribution in [2.45, 2.75) is 103 Å². The van der Waals surface area contributed by atoms with Crippen molar-refractivity contribution in [1.82, 2.24) is 5.32 Å². The van der Waals surface area contributed by atoms with Crippen LogP contribution in [-0.4, -0.2) is 82.4 Å². The number of allylic oxidation sites excluding steroid dienone is 2. The molecule has 2 aliphatic rings. The monoisotopic (exact) mass is 537 g/mol. The molecule has 2 fully saturated rings. The minimum Gasteiger partial charge on any atom is -0.481 e. The van der Waals surface area contributed by atoms with Crippen LogP contribution in [0.3, 0.4) is 0 Å². The van der Waals surface area contributed by atoms with Crippen LogP contribution in [0.5, 0.6) is 0 Å². The van der Waals surface area contributed by atoms with Gasteiger partial charge in [0.05, 0.1) is 36.9 Å². The summed E-state index contributed by atoms with van der Waals surface area (Å²) in [6.07, 6.45) is 7.14. The van der Waals surface area contributed by atoms with E-state index in [-0.39, 0.29) is 43.1 Å². The molecule has 0 unspecified atom stereocenters. The van der Waals surface area contributed by atoms with Crippen LogP contribution in [0.15, 0.2) is 36.0 Å². The van der Waals surface area contributed by atoms with E-state index in [0.717, 1.165) is 12.0 Å². The molecule has 0 aliphatic carbocycles. The summed E-state index contributed by atoms with van der Waals surface area (Å²) in [6, 6.07) is -0.143. The van der Waals surface area contributed by atoms with Gasteiger partial charge in [0.2, 0.25) is 5.91 Å². The van der Waals surface area contributed by atoms with E-state index >= 15 is 0 Å². The molecule has 10 nitrogen and oxygen atoms in total. The summed E-state index contributed by atoms with van der Waals surface area (Å²) in [6.45, 7) is 8.70. The van der Waals surface area contributed by atoms with Crippen LogP contribution in [0.1, 0.15) is 60.3 Å². The van der Waals surface area contributed by atoms with Crippen molar-refractivity contribution in [3.05, 3.63) is 36.0 Å². The summed E-state index contributed by atoms with van der Waals surface area (Å²) in [5.41, 5.74) is 0.938. The van der Waals surface area contributed by atoms with E-state index in [2.05, 4.69) is 12.2 Å². The predicted molar refractivity (Wildman–Crippen MR) is 140 cm³/mol. The molecule has 214 valence electrons. The summed E-state index contributed by atoms with van der Waals surface area (Å²) in [5.74, 6) is -1.90. The van der Waals surface area contributed by atoms with Gasteiger partial charge in [-0.25, -0.2) is 0 Å². The number of carbonyl (C=O) groups is 3. The smallest absolute Gasteiger partial charge is 0.305 e. The van der Waals surface area contributed by atoms with Crippen LogP contribution < -0.4 is 5.32 Å². The van der Waals surface area contributed by atoms with E-state index < -0.39 is 42.3 Å². The number of esters is 1. The number of rotatable bonds is 11. The Hall–Kier alpha value is -2.53. The van der Waals surface area contributed by atoms with Crippen molar-refractivity contribution >= 4 is 17.8 Å². The molecule has 0 spiro atoms. The van der Waals surface area contributed by atoms with E-state index in [1.54, 1.807) is 13.0 Å². The molecule has 0 aromatic rings. The van der Waals surface area contributed by atoms with Gasteiger partial charge in [0.25, 0.3) is 0 Å². The quantitative estimate of drug-likeness (QED) is 0.177. The maximum absolute atomic E-state index is 12.3. The molecule has 0 aromatic carbocycles.